The van der Waals surface area contributed by atoms with E-state index in [1.54, 1.807) is 0 Å². The average molecular weight is 293 g/mol. The molecular formula is C16H23NO4. The van der Waals surface area contributed by atoms with E-state index in [0.717, 1.165) is 16.7 Å². The number of fused-ring (bicyclic) bond motifs is 1. The maximum absolute atomic E-state index is 10.6. The van der Waals surface area contributed by atoms with Crippen molar-refractivity contribution in [3.63, 3.8) is 0 Å². The van der Waals surface area contributed by atoms with Gasteiger partial charge in [0.05, 0.1) is 11.1 Å². The Kier molecular flexibility index (Phi) is 3.86. The maximum Gasteiger partial charge on any atom is 0.332 e. The van der Waals surface area contributed by atoms with Gasteiger partial charge in [0.25, 0.3) is 0 Å². The van der Waals surface area contributed by atoms with Crippen LogP contribution in [0, 0.1) is 0 Å². The number of hydrogen-bond acceptors (Lipinski definition) is 4. The second-order valence-electron chi connectivity index (χ2n) is 6.70. The van der Waals surface area contributed by atoms with Gasteiger partial charge in [0.15, 0.2) is 6.10 Å². The second kappa shape index (κ2) is 5.09. The smallest absolute Gasteiger partial charge is 0.332 e. The third kappa shape index (κ3) is 2.57. The molecule has 0 fully saturated rings. The molecule has 3 N–H and O–H groups in total. The van der Waals surface area contributed by atoms with Crippen LogP contribution in [-0.4, -0.2) is 32.6 Å². The number of aryl methyl sites for hydroxylation is 1. The lowest BCUT2D eigenvalue weighted by molar-refractivity contribution is -0.216. The lowest BCUT2D eigenvalue weighted by Gasteiger charge is -2.34. The summed E-state index contributed by atoms with van der Waals surface area (Å²) in [7, 11) is 0. The molecule has 0 aliphatic carbocycles. The predicted octanol–water partition coefficient (Wildman–Crippen LogP) is 2.24. The van der Waals surface area contributed by atoms with E-state index in [9.17, 15) is 15.1 Å². The van der Waals surface area contributed by atoms with Gasteiger partial charge in [0.2, 0.25) is 0 Å². The Bertz CT molecular complexity index is 565. The quantitative estimate of drug-likeness (QED) is 0.793. The number of carbonyl (C=O) groups is 1. The molecule has 1 heterocycles. The number of aliphatic carboxylic acids is 1. The van der Waals surface area contributed by atoms with Crippen molar-refractivity contribution in [1.29, 1.82) is 0 Å². The molecule has 2 rings (SSSR count). The van der Waals surface area contributed by atoms with Crippen molar-refractivity contribution < 1.29 is 20.2 Å². The molecule has 1 aliphatic rings. The Morgan fingerprint density at radius 2 is 1.76 bits per heavy atom. The summed E-state index contributed by atoms with van der Waals surface area (Å²) in [5.41, 5.74) is 2.11. The van der Waals surface area contributed by atoms with Crippen LogP contribution in [0.1, 0.15) is 50.8 Å². The van der Waals surface area contributed by atoms with Crippen molar-refractivity contribution in [2.24, 2.45) is 0 Å². The second-order valence-corrected chi connectivity index (χ2v) is 6.70. The van der Waals surface area contributed by atoms with Crippen molar-refractivity contribution in [1.82, 2.24) is 5.06 Å². The zero-order chi connectivity index (χ0) is 16.0. The highest BCUT2D eigenvalue weighted by Gasteiger charge is 2.48. The monoisotopic (exact) mass is 293 g/mol. The fourth-order valence-corrected chi connectivity index (χ4v) is 3.14. The fourth-order valence-electron chi connectivity index (χ4n) is 3.14. The van der Waals surface area contributed by atoms with Crippen LogP contribution < -0.4 is 0 Å². The van der Waals surface area contributed by atoms with E-state index in [0.29, 0.717) is 6.42 Å². The highest BCUT2D eigenvalue weighted by Crippen LogP contribution is 2.48. The van der Waals surface area contributed by atoms with E-state index in [-0.39, 0.29) is 6.42 Å². The van der Waals surface area contributed by atoms with E-state index in [1.807, 2.05) is 45.9 Å². The van der Waals surface area contributed by atoms with Crippen molar-refractivity contribution in [3.8, 4) is 0 Å². The van der Waals surface area contributed by atoms with Gasteiger partial charge in [-0.15, -0.1) is 0 Å². The molecule has 0 saturated carbocycles. The van der Waals surface area contributed by atoms with Crippen LogP contribution in [0.25, 0.3) is 0 Å². The number of carboxylic acid groups (broad SMARTS) is 1. The largest absolute Gasteiger partial charge is 0.479 e. The number of nitrogens with zero attached hydrogens (tertiary/aromatic N) is 1. The molecule has 1 aromatic carbocycles. The molecule has 0 amide bonds. The number of hydroxylamine groups is 2. The molecule has 1 unspecified atom stereocenters. The molecule has 0 saturated heterocycles. The first kappa shape index (κ1) is 15.9. The first-order valence-electron chi connectivity index (χ1n) is 7.12. The van der Waals surface area contributed by atoms with Crippen LogP contribution in [0.4, 0.5) is 0 Å². The molecule has 0 aromatic heterocycles. The summed E-state index contributed by atoms with van der Waals surface area (Å²) in [4.78, 5) is 10.6. The average Bonchev–Trinajstić information content (AvgIpc) is 2.55. The summed E-state index contributed by atoms with van der Waals surface area (Å²) in [5, 5.41) is 29.8. The summed E-state index contributed by atoms with van der Waals surface area (Å²) in [6, 6.07) is 5.92. The van der Waals surface area contributed by atoms with Crippen molar-refractivity contribution >= 4 is 5.97 Å². The maximum atomic E-state index is 10.6. The minimum Gasteiger partial charge on any atom is -0.479 e. The van der Waals surface area contributed by atoms with Crippen LogP contribution >= 0.6 is 0 Å². The standard InChI is InChI=1S/C16H23NO4/c1-15(2)11-7-5-10(6-8-13(18)14(19)20)9-12(11)16(3,4)17(15)21/h5,7,9,13,18,21H,6,8H2,1-4H3,(H,19,20). The number of benzene rings is 1. The Balaban J connectivity index is 2.29. The van der Waals surface area contributed by atoms with Crippen molar-refractivity contribution in [2.75, 3.05) is 0 Å². The van der Waals surface area contributed by atoms with Crippen LogP contribution in [0.2, 0.25) is 0 Å². The Labute approximate surface area is 124 Å². The zero-order valence-corrected chi connectivity index (χ0v) is 12.9. The molecule has 5 heteroatoms. The summed E-state index contributed by atoms with van der Waals surface area (Å²) < 4.78 is 0. The molecule has 1 aromatic rings. The Morgan fingerprint density at radius 3 is 2.33 bits per heavy atom. The Morgan fingerprint density at radius 1 is 1.19 bits per heavy atom. The molecule has 116 valence electrons. The number of aliphatic hydroxyl groups excluding tert-OH is 1. The predicted molar refractivity (Wildman–Crippen MR) is 78.1 cm³/mol. The highest BCUT2D eigenvalue weighted by atomic mass is 16.5. The lowest BCUT2D eigenvalue weighted by Crippen LogP contribution is -2.42. The normalized spacial score (nSPS) is 21.0. The third-order valence-corrected chi connectivity index (χ3v) is 4.45. The zero-order valence-electron chi connectivity index (χ0n) is 12.9. The van der Waals surface area contributed by atoms with Gasteiger partial charge in [-0.05, 0) is 57.2 Å². The molecule has 0 spiro atoms. The van der Waals surface area contributed by atoms with Gasteiger partial charge in [0, 0.05) is 0 Å². The van der Waals surface area contributed by atoms with Gasteiger partial charge in [-0.3, -0.25) is 0 Å². The van der Waals surface area contributed by atoms with Gasteiger partial charge in [-0.2, -0.15) is 5.06 Å². The SMILES string of the molecule is CC1(C)c2ccc(CCC(O)C(=O)O)cc2C(C)(C)N1O. The number of carboxylic acids is 1. The van der Waals surface area contributed by atoms with Crippen LogP contribution in [-0.2, 0) is 22.3 Å². The molecule has 1 atom stereocenters. The van der Waals surface area contributed by atoms with Crippen LogP contribution in [0.15, 0.2) is 18.2 Å². The van der Waals surface area contributed by atoms with E-state index < -0.39 is 23.2 Å². The van der Waals surface area contributed by atoms with E-state index in [4.69, 9.17) is 5.11 Å². The molecular weight excluding hydrogens is 270 g/mol. The molecule has 1 aliphatic heterocycles. The molecule has 0 bridgehead atoms. The number of hydrogen-bond donors (Lipinski definition) is 3. The third-order valence-electron chi connectivity index (χ3n) is 4.45. The summed E-state index contributed by atoms with van der Waals surface area (Å²) in [5.74, 6) is -1.20. The van der Waals surface area contributed by atoms with E-state index in [1.165, 1.54) is 5.06 Å². The van der Waals surface area contributed by atoms with E-state index in [2.05, 4.69) is 0 Å². The molecule has 5 nitrogen and oxygen atoms in total. The van der Waals surface area contributed by atoms with Crippen LogP contribution in [0.3, 0.4) is 0 Å². The van der Waals surface area contributed by atoms with Crippen molar-refractivity contribution in [3.05, 3.63) is 34.9 Å². The van der Waals surface area contributed by atoms with Crippen LogP contribution in [0.5, 0.6) is 0 Å². The first-order valence-corrected chi connectivity index (χ1v) is 7.12. The molecule has 0 radical (unpaired) electrons. The minimum absolute atomic E-state index is 0.181. The topological polar surface area (TPSA) is 81.0 Å². The summed E-state index contributed by atoms with van der Waals surface area (Å²) in [6.45, 7) is 7.84. The fraction of sp³-hybridized carbons (Fsp3) is 0.562. The minimum atomic E-state index is -1.34. The van der Waals surface area contributed by atoms with Gasteiger partial charge in [0.1, 0.15) is 0 Å². The summed E-state index contributed by atoms with van der Waals surface area (Å²) in [6.07, 6.45) is -0.666. The van der Waals surface area contributed by atoms with Gasteiger partial charge in [-0.25, -0.2) is 4.79 Å². The lowest BCUT2D eigenvalue weighted by atomic mass is 9.88. The highest BCUT2D eigenvalue weighted by molar-refractivity contribution is 5.71. The van der Waals surface area contributed by atoms with Gasteiger partial charge in [-0.1, -0.05) is 18.2 Å². The number of rotatable bonds is 4. The molecule has 21 heavy (non-hydrogen) atoms. The first-order chi connectivity index (χ1) is 9.58. The Hall–Kier alpha value is -1.43. The van der Waals surface area contributed by atoms with Gasteiger partial charge >= 0.3 is 5.97 Å². The van der Waals surface area contributed by atoms with Gasteiger partial charge < -0.3 is 15.4 Å². The number of aliphatic hydroxyl groups is 1. The van der Waals surface area contributed by atoms with E-state index >= 15 is 0 Å². The van der Waals surface area contributed by atoms with Crippen molar-refractivity contribution in [2.45, 2.75) is 57.7 Å². The summed E-state index contributed by atoms with van der Waals surface area (Å²) >= 11 is 0.